The molecule has 0 aliphatic carbocycles. The molecule has 1 aromatic rings. The van der Waals surface area contributed by atoms with Crippen molar-refractivity contribution in [2.75, 3.05) is 19.6 Å². The molecule has 3 heteroatoms. The molecule has 110 valence electrons. The van der Waals surface area contributed by atoms with Crippen LogP contribution in [0.4, 0.5) is 0 Å². The summed E-state index contributed by atoms with van der Waals surface area (Å²) in [5.41, 5.74) is 1.52. The first-order valence-electron chi connectivity index (χ1n) is 8.04. The maximum Gasteiger partial charge on any atom is 0.0337 e. The van der Waals surface area contributed by atoms with E-state index >= 15 is 0 Å². The van der Waals surface area contributed by atoms with Gasteiger partial charge in [0.15, 0.2) is 0 Å². The Kier molecular flexibility index (Phi) is 4.92. The molecule has 1 unspecified atom stereocenters. The molecule has 1 fully saturated rings. The van der Waals surface area contributed by atoms with Crippen molar-refractivity contribution < 1.29 is 0 Å². The largest absolute Gasteiger partial charge is 0.299 e. The van der Waals surface area contributed by atoms with Gasteiger partial charge in [-0.3, -0.25) is 9.80 Å². The first-order chi connectivity index (χ1) is 9.85. The van der Waals surface area contributed by atoms with E-state index < -0.39 is 0 Å². The molecule has 0 radical (unpaired) electrons. The van der Waals surface area contributed by atoms with E-state index in [4.69, 9.17) is 0 Å². The third-order valence-corrected chi connectivity index (χ3v) is 5.39. The van der Waals surface area contributed by atoms with E-state index in [0.29, 0.717) is 6.04 Å². The molecule has 20 heavy (non-hydrogen) atoms. The van der Waals surface area contributed by atoms with E-state index in [9.17, 15) is 0 Å². The summed E-state index contributed by atoms with van der Waals surface area (Å²) in [5, 5.41) is 2.37. The van der Waals surface area contributed by atoms with Gasteiger partial charge >= 0.3 is 0 Å². The van der Waals surface area contributed by atoms with Gasteiger partial charge in [0.25, 0.3) is 0 Å². The third kappa shape index (κ3) is 3.51. The first kappa shape index (κ1) is 14.3. The lowest BCUT2D eigenvalue weighted by atomic mass is 10.1. The van der Waals surface area contributed by atoms with E-state index in [1.165, 1.54) is 49.2 Å². The number of hydrogen-bond acceptors (Lipinski definition) is 3. The van der Waals surface area contributed by atoms with Crippen molar-refractivity contribution in [3.8, 4) is 0 Å². The SMILES string of the molecule is CCCC1C=CCN1Cc1cc(CN2CCCC2)cs1. The van der Waals surface area contributed by atoms with Gasteiger partial charge in [0.2, 0.25) is 0 Å². The number of hydrogen-bond donors (Lipinski definition) is 0. The van der Waals surface area contributed by atoms with Gasteiger partial charge in [0.1, 0.15) is 0 Å². The summed E-state index contributed by atoms with van der Waals surface area (Å²) in [4.78, 5) is 6.72. The van der Waals surface area contributed by atoms with E-state index in [1.54, 1.807) is 0 Å². The summed E-state index contributed by atoms with van der Waals surface area (Å²) in [6.45, 7) is 8.28. The molecule has 0 bridgehead atoms. The molecule has 0 N–H and O–H groups in total. The zero-order chi connectivity index (χ0) is 13.8. The van der Waals surface area contributed by atoms with Gasteiger partial charge in [0.05, 0.1) is 0 Å². The Morgan fingerprint density at radius 3 is 2.90 bits per heavy atom. The lowest BCUT2D eigenvalue weighted by Crippen LogP contribution is -2.28. The summed E-state index contributed by atoms with van der Waals surface area (Å²) in [6.07, 6.45) is 10.1. The molecule has 3 heterocycles. The van der Waals surface area contributed by atoms with Gasteiger partial charge in [-0.1, -0.05) is 25.5 Å². The van der Waals surface area contributed by atoms with E-state index in [0.717, 1.165) is 19.6 Å². The van der Waals surface area contributed by atoms with Gasteiger partial charge in [-0.25, -0.2) is 0 Å². The quantitative estimate of drug-likeness (QED) is 0.734. The average molecular weight is 290 g/mol. The first-order valence-corrected chi connectivity index (χ1v) is 8.92. The summed E-state index contributed by atoms with van der Waals surface area (Å²) in [5.74, 6) is 0. The van der Waals surface area contributed by atoms with Crippen molar-refractivity contribution in [2.45, 2.75) is 51.7 Å². The second-order valence-electron chi connectivity index (χ2n) is 6.12. The lowest BCUT2D eigenvalue weighted by Gasteiger charge is -2.23. The van der Waals surface area contributed by atoms with Crippen LogP contribution in [0.15, 0.2) is 23.6 Å². The highest BCUT2D eigenvalue weighted by Crippen LogP contribution is 2.23. The van der Waals surface area contributed by atoms with Gasteiger partial charge < -0.3 is 0 Å². The Labute approximate surface area is 127 Å². The predicted molar refractivity (Wildman–Crippen MR) is 87.1 cm³/mol. The second kappa shape index (κ2) is 6.88. The fourth-order valence-corrected chi connectivity index (χ4v) is 4.26. The van der Waals surface area contributed by atoms with Crippen LogP contribution in [0, 0.1) is 0 Å². The van der Waals surface area contributed by atoms with Crippen LogP contribution in [0.5, 0.6) is 0 Å². The van der Waals surface area contributed by atoms with Crippen LogP contribution in [0.2, 0.25) is 0 Å². The molecule has 0 spiro atoms. The molecule has 1 aromatic heterocycles. The van der Waals surface area contributed by atoms with Crippen molar-refractivity contribution >= 4 is 11.3 Å². The van der Waals surface area contributed by atoms with Crippen LogP contribution < -0.4 is 0 Å². The average Bonchev–Trinajstić information content (AvgIpc) is 3.15. The summed E-state index contributed by atoms with van der Waals surface area (Å²) in [6, 6.07) is 3.11. The molecule has 1 saturated heterocycles. The Balaban J connectivity index is 1.54. The monoisotopic (exact) mass is 290 g/mol. The second-order valence-corrected chi connectivity index (χ2v) is 7.11. The fraction of sp³-hybridized carbons (Fsp3) is 0.647. The van der Waals surface area contributed by atoms with Crippen LogP contribution in [0.3, 0.4) is 0 Å². The number of nitrogens with zero attached hydrogens (tertiary/aromatic N) is 2. The molecule has 2 aliphatic rings. The Hall–Kier alpha value is -0.640. The van der Waals surface area contributed by atoms with Crippen molar-refractivity contribution in [3.05, 3.63) is 34.0 Å². The molecule has 0 amide bonds. The summed E-state index contributed by atoms with van der Waals surface area (Å²) in [7, 11) is 0. The fourth-order valence-electron chi connectivity index (χ4n) is 3.36. The molecular weight excluding hydrogens is 264 g/mol. The zero-order valence-electron chi connectivity index (χ0n) is 12.6. The van der Waals surface area contributed by atoms with Crippen molar-refractivity contribution in [2.24, 2.45) is 0 Å². The predicted octanol–water partition coefficient (Wildman–Crippen LogP) is 3.88. The molecular formula is C17H26N2S. The maximum atomic E-state index is 2.61. The topological polar surface area (TPSA) is 6.48 Å². The Morgan fingerprint density at radius 1 is 1.25 bits per heavy atom. The standard InChI is InChI=1S/C17H26N2S/c1-2-6-16-7-5-10-19(16)13-17-11-15(14-20-17)12-18-8-3-4-9-18/h5,7,11,14,16H,2-4,6,8-10,12-13H2,1H3. The van der Waals surface area contributed by atoms with Crippen LogP contribution >= 0.6 is 11.3 Å². The highest BCUT2D eigenvalue weighted by atomic mass is 32.1. The molecule has 0 aromatic carbocycles. The number of thiophene rings is 1. The van der Waals surface area contributed by atoms with Crippen molar-refractivity contribution in [1.29, 1.82) is 0 Å². The normalized spacial score (nSPS) is 23.9. The van der Waals surface area contributed by atoms with E-state index in [2.05, 4.69) is 40.3 Å². The highest BCUT2D eigenvalue weighted by Gasteiger charge is 2.19. The minimum absolute atomic E-state index is 0.670. The van der Waals surface area contributed by atoms with Gasteiger partial charge in [-0.15, -0.1) is 11.3 Å². The van der Waals surface area contributed by atoms with E-state index in [1.807, 2.05) is 11.3 Å². The van der Waals surface area contributed by atoms with Gasteiger partial charge in [-0.05, 0) is 49.4 Å². The minimum Gasteiger partial charge on any atom is -0.299 e. The molecule has 3 rings (SSSR count). The minimum atomic E-state index is 0.670. The van der Waals surface area contributed by atoms with Crippen LogP contribution in [-0.4, -0.2) is 35.5 Å². The van der Waals surface area contributed by atoms with Crippen molar-refractivity contribution in [1.82, 2.24) is 9.80 Å². The van der Waals surface area contributed by atoms with Crippen LogP contribution in [0.25, 0.3) is 0 Å². The smallest absolute Gasteiger partial charge is 0.0337 e. The molecule has 0 saturated carbocycles. The van der Waals surface area contributed by atoms with Crippen LogP contribution in [-0.2, 0) is 13.1 Å². The zero-order valence-corrected chi connectivity index (χ0v) is 13.4. The van der Waals surface area contributed by atoms with Gasteiger partial charge in [-0.2, -0.15) is 0 Å². The lowest BCUT2D eigenvalue weighted by molar-refractivity contribution is 0.254. The summed E-state index contributed by atoms with van der Waals surface area (Å²) < 4.78 is 0. The summed E-state index contributed by atoms with van der Waals surface area (Å²) >= 11 is 1.94. The Morgan fingerprint density at radius 2 is 2.10 bits per heavy atom. The maximum absolute atomic E-state index is 2.61. The third-order valence-electron chi connectivity index (χ3n) is 4.42. The Bertz CT molecular complexity index is 446. The molecule has 2 aliphatic heterocycles. The van der Waals surface area contributed by atoms with E-state index in [-0.39, 0.29) is 0 Å². The molecule has 1 atom stereocenters. The highest BCUT2D eigenvalue weighted by molar-refractivity contribution is 7.10. The number of likely N-dealkylation sites (tertiary alicyclic amines) is 1. The van der Waals surface area contributed by atoms with Gasteiger partial charge in [0, 0.05) is 30.6 Å². The van der Waals surface area contributed by atoms with Crippen LogP contribution in [0.1, 0.15) is 43.0 Å². The molecule has 2 nitrogen and oxygen atoms in total. The van der Waals surface area contributed by atoms with Crippen molar-refractivity contribution in [3.63, 3.8) is 0 Å². The number of rotatable bonds is 6.